The molecule has 1 atom stereocenters. The molecule has 1 aliphatic rings. The van der Waals surface area contributed by atoms with Crippen LogP contribution in [0.2, 0.25) is 0 Å². The molecule has 2 N–H and O–H groups in total. The zero-order chi connectivity index (χ0) is 25.7. The lowest BCUT2D eigenvalue weighted by molar-refractivity contribution is 0.164. The standard InChI is InChI=1S/C26H34N8O2/c1-7-36-21-13-19(24-33-29-16-34(24)6)8-9-20(21)31-25(27-5)32-22-17(2)12-18(3)30-23(22)28-14-26(4)10-11-35-15-26/h8-9,12-13,16H,5,7,10-11,14-15H2,1-4,6H3,(H,28,30)(H,31,32). The van der Waals surface area contributed by atoms with Crippen LogP contribution in [0.4, 0.5) is 17.2 Å². The molecule has 1 fully saturated rings. The normalized spacial score (nSPS) is 17.8. The van der Waals surface area contributed by atoms with E-state index in [1.807, 2.05) is 56.7 Å². The number of hydrogen-bond acceptors (Lipinski definition) is 7. The van der Waals surface area contributed by atoms with Crippen molar-refractivity contribution < 1.29 is 9.47 Å². The van der Waals surface area contributed by atoms with Gasteiger partial charge in [0.05, 0.1) is 18.9 Å². The Labute approximate surface area is 211 Å². The van der Waals surface area contributed by atoms with Gasteiger partial charge in [-0.3, -0.25) is 0 Å². The zero-order valence-electron chi connectivity index (χ0n) is 21.6. The number of aromatic nitrogens is 4. The molecule has 10 nitrogen and oxygen atoms in total. The summed E-state index contributed by atoms with van der Waals surface area (Å²) in [6, 6.07) is 7.79. The highest BCUT2D eigenvalue weighted by atomic mass is 16.5. The largest absolute Gasteiger partial charge is 0.492 e. The highest BCUT2D eigenvalue weighted by Gasteiger charge is 2.30. The van der Waals surface area contributed by atoms with Gasteiger partial charge in [0.1, 0.15) is 17.8 Å². The van der Waals surface area contributed by atoms with Crippen molar-refractivity contribution in [3.05, 3.63) is 41.9 Å². The van der Waals surface area contributed by atoms with Crippen LogP contribution in [0, 0.1) is 19.3 Å². The fourth-order valence-electron chi connectivity index (χ4n) is 4.15. The molecule has 1 saturated heterocycles. The molecule has 36 heavy (non-hydrogen) atoms. The van der Waals surface area contributed by atoms with Crippen molar-refractivity contribution in [1.82, 2.24) is 19.7 Å². The number of aliphatic imine (C=N–C) groups is 2. The summed E-state index contributed by atoms with van der Waals surface area (Å²) >= 11 is 0. The SMILES string of the molecule is C=N/C(=N\c1c(C)cc(C)nc1NCC1(C)CCOC1)Nc1ccc(-c2nncn2C)cc1OCC. The van der Waals surface area contributed by atoms with E-state index >= 15 is 0 Å². The number of nitrogens with zero attached hydrogens (tertiary/aromatic N) is 6. The molecule has 10 heteroatoms. The van der Waals surface area contributed by atoms with E-state index in [2.05, 4.69) is 39.5 Å². The second-order valence-corrected chi connectivity index (χ2v) is 9.37. The monoisotopic (exact) mass is 490 g/mol. The lowest BCUT2D eigenvalue weighted by Crippen LogP contribution is -2.27. The maximum Gasteiger partial charge on any atom is 0.227 e. The molecule has 3 aromatic rings. The fourth-order valence-corrected chi connectivity index (χ4v) is 4.15. The molecule has 0 bridgehead atoms. The predicted octanol–water partition coefficient (Wildman–Crippen LogP) is 4.53. The van der Waals surface area contributed by atoms with E-state index in [0.29, 0.717) is 29.8 Å². The Hall–Kier alpha value is -3.79. The lowest BCUT2D eigenvalue weighted by Gasteiger charge is -2.23. The molecule has 0 spiro atoms. The van der Waals surface area contributed by atoms with Crippen LogP contribution < -0.4 is 15.4 Å². The average molecular weight is 491 g/mol. The van der Waals surface area contributed by atoms with E-state index in [4.69, 9.17) is 19.5 Å². The molecule has 0 radical (unpaired) electrons. The maximum atomic E-state index is 5.91. The minimum absolute atomic E-state index is 0.0644. The van der Waals surface area contributed by atoms with Crippen molar-refractivity contribution in [2.45, 2.75) is 34.1 Å². The Morgan fingerprint density at radius 1 is 1.31 bits per heavy atom. The van der Waals surface area contributed by atoms with Crippen LogP contribution in [-0.4, -0.2) is 58.8 Å². The maximum absolute atomic E-state index is 5.91. The van der Waals surface area contributed by atoms with E-state index < -0.39 is 0 Å². The van der Waals surface area contributed by atoms with Crippen LogP contribution in [0.1, 0.15) is 31.5 Å². The van der Waals surface area contributed by atoms with Gasteiger partial charge in [0.2, 0.25) is 5.96 Å². The summed E-state index contributed by atoms with van der Waals surface area (Å²) in [6.45, 7) is 14.6. The summed E-state index contributed by atoms with van der Waals surface area (Å²) in [5, 5.41) is 14.9. The first kappa shape index (κ1) is 25.3. The fraction of sp³-hybridized carbons (Fsp3) is 0.423. The summed E-state index contributed by atoms with van der Waals surface area (Å²) < 4.78 is 13.4. The third kappa shape index (κ3) is 5.71. The van der Waals surface area contributed by atoms with Crippen LogP contribution in [0.3, 0.4) is 0 Å². The van der Waals surface area contributed by atoms with Crippen LogP contribution in [0.25, 0.3) is 11.4 Å². The number of benzene rings is 1. The van der Waals surface area contributed by atoms with Gasteiger partial charge in [-0.25, -0.2) is 15.0 Å². The first-order chi connectivity index (χ1) is 17.3. The summed E-state index contributed by atoms with van der Waals surface area (Å²) in [4.78, 5) is 13.7. The lowest BCUT2D eigenvalue weighted by atomic mass is 9.90. The summed E-state index contributed by atoms with van der Waals surface area (Å²) in [5.41, 5.74) is 4.30. The van der Waals surface area contributed by atoms with Crippen LogP contribution >= 0.6 is 0 Å². The minimum atomic E-state index is 0.0644. The van der Waals surface area contributed by atoms with Gasteiger partial charge in [-0.1, -0.05) is 6.92 Å². The summed E-state index contributed by atoms with van der Waals surface area (Å²) in [6.07, 6.45) is 2.67. The van der Waals surface area contributed by atoms with Crippen molar-refractivity contribution >= 4 is 29.9 Å². The van der Waals surface area contributed by atoms with E-state index in [0.717, 1.165) is 54.5 Å². The highest BCUT2D eigenvalue weighted by Crippen LogP contribution is 2.34. The van der Waals surface area contributed by atoms with Gasteiger partial charge in [-0.15, -0.1) is 10.2 Å². The first-order valence-electron chi connectivity index (χ1n) is 12.1. The molecule has 0 aliphatic carbocycles. The molecule has 2 aromatic heterocycles. The Balaban J connectivity index is 1.64. The molecule has 1 aromatic carbocycles. The number of aryl methyl sites for hydroxylation is 3. The van der Waals surface area contributed by atoms with E-state index in [-0.39, 0.29) is 5.41 Å². The molecule has 1 unspecified atom stereocenters. The Morgan fingerprint density at radius 2 is 2.14 bits per heavy atom. The molecule has 4 rings (SSSR count). The van der Waals surface area contributed by atoms with Crippen molar-refractivity contribution in [3.63, 3.8) is 0 Å². The summed E-state index contributed by atoms with van der Waals surface area (Å²) in [7, 11) is 1.90. The topological polar surface area (TPSA) is 111 Å². The van der Waals surface area contributed by atoms with Gasteiger partial charge >= 0.3 is 0 Å². The van der Waals surface area contributed by atoms with E-state index in [1.54, 1.807) is 6.33 Å². The van der Waals surface area contributed by atoms with Crippen LogP contribution in [0.5, 0.6) is 5.75 Å². The van der Waals surface area contributed by atoms with Gasteiger partial charge in [0.15, 0.2) is 11.6 Å². The van der Waals surface area contributed by atoms with Crippen molar-refractivity contribution in [1.29, 1.82) is 0 Å². The smallest absolute Gasteiger partial charge is 0.227 e. The number of nitrogens with one attached hydrogen (secondary N) is 2. The average Bonchev–Trinajstić information content (AvgIpc) is 3.48. The Kier molecular flexibility index (Phi) is 7.64. The van der Waals surface area contributed by atoms with Gasteiger partial charge in [-0.2, -0.15) is 0 Å². The molecular weight excluding hydrogens is 456 g/mol. The quantitative estimate of drug-likeness (QED) is 0.352. The Bertz CT molecular complexity index is 1260. The number of pyridine rings is 1. The van der Waals surface area contributed by atoms with Crippen molar-refractivity contribution in [2.24, 2.45) is 22.4 Å². The second kappa shape index (κ2) is 10.9. The van der Waals surface area contributed by atoms with Gasteiger partial charge in [-0.05, 0) is 63.7 Å². The molecule has 0 amide bonds. The summed E-state index contributed by atoms with van der Waals surface area (Å²) in [5.74, 6) is 2.46. The third-order valence-corrected chi connectivity index (χ3v) is 6.16. The van der Waals surface area contributed by atoms with Gasteiger partial charge < -0.3 is 24.7 Å². The zero-order valence-corrected chi connectivity index (χ0v) is 21.6. The van der Waals surface area contributed by atoms with Crippen LogP contribution in [0.15, 0.2) is 40.6 Å². The molecule has 0 saturated carbocycles. The number of hydrogen-bond donors (Lipinski definition) is 2. The van der Waals surface area contributed by atoms with Crippen LogP contribution in [-0.2, 0) is 11.8 Å². The predicted molar refractivity (Wildman–Crippen MR) is 144 cm³/mol. The van der Waals surface area contributed by atoms with Gasteiger partial charge in [0, 0.05) is 36.9 Å². The molecule has 190 valence electrons. The highest BCUT2D eigenvalue weighted by molar-refractivity contribution is 6.00. The number of guanidine groups is 1. The number of ether oxygens (including phenoxy) is 2. The Morgan fingerprint density at radius 3 is 2.81 bits per heavy atom. The third-order valence-electron chi connectivity index (χ3n) is 6.16. The number of anilines is 2. The minimum Gasteiger partial charge on any atom is -0.492 e. The van der Waals surface area contributed by atoms with Crippen molar-refractivity contribution in [3.8, 4) is 17.1 Å². The molecular formula is C26H34N8O2. The second-order valence-electron chi connectivity index (χ2n) is 9.37. The van der Waals surface area contributed by atoms with E-state index in [1.165, 1.54) is 0 Å². The molecule has 3 heterocycles. The van der Waals surface area contributed by atoms with Crippen molar-refractivity contribution in [2.75, 3.05) is 37.0 Å². The first-order valence-corrected chi connectivity index (χ1v) is 12.1. The van der Waals surface area contributed by atoms with E-state index in [9.17, 15) is 0 Å². The number of rotatable bonds is 8. The van der Waals surface area contributed by atoms with Gasteiger partial charge in [0.25, 0.3) is 0 Å². The molecule has 1 aliphatic heterocycles.